The number of rotatable bonds is 6. The normalized spacial score (nSPS) is 16.9. The number of aromatic nitrogens is 3. The minimum Gasteiger partial charge on any atom is -0.484 e. The molecule has 7 nitrogen and oxygen atoms in total. The van der Waals surface area contributed by atoms with Crippen LogP contribution in [0.1, 0.15) is 31.1 Å². The summed E-state index contributed by atoms with van der Waals surface area (Å²) in [6, 6.07) is 7.77. The van der Waals surface area contributed by atoms with Crippen LogP contribution in [0.15, 0.2) is 24.3 Å². The number of para-hydroxylation sites is 1. The van der Waals surface area contributed by atoms with Crippen molar-refractivity contribution >= 4 is 5.91 Å². The van der Waals surface area contributed by atoms with Gasteiger partial charge in [0, 0.05) is 32.2 Å². The summed E-state index contributed by atoms with van der Waals surface area (Å²) in [6.45, 7) is 8.38. The van der Waals surface area contributed by atoms with Gasteiger partial charge in [0.1, 0.15) is 18.2 Å². The van der Waals surface area contributed by atoms with Crippen LogP contribution in [0, 0.1) is 6.92 Å². The molecule has 1 aromatic heterocycles. The molecule has 1 aliphatic heterocycles. The standard InChI is InChI=1S/C19H26N4O3/c1-4-25-12-18-21-20-17-11-15(3)22(9-10-23(17)18)19(24)13-26-16-8-6-5-7-14(16)2/h5-8,15H,4,9-13H2,1-3H3/t15-/m0/s1. The van der Waals surface area contributed by atoms with Crippen LogP contribution in [0.5, 0.6) is 5.75 Å². The summed E-state index contributed by atoms with van der Waals surface area (Å²) in [4.78, 5) is 14.6. The van der Waals surface area contributed by atoms with Gasteiger partial charge in [-0.25, -0.2) is 0 Å². The van der Waals surface area contributed by atoms with Gasteiger partial charge in [-0.1, -0.05) is 18.2 Å². The second-order valence-corrected chi connectivity index (χ2v) is 6.52. The lowest BCUT2D eigenvalue weighted by Gasteiger charge is -2.26. The lowest BCUT2D eigenvalue weighted by atomic mass is 10.2. The SMILES string of the molecule is CCOCc1nnc2n1CCN(C(=O)COc1ccccc1C)[C@@H](C)C2. The number of carbonyl (C=O) groups is 1. The number of benzene rings is 1. The van der Waals surface area contributed by atoms with Crippen LogP contribution in [0.25, 0.3) is 0 Å². The second kappa shape index (κ2) is 8.31. The van der Waals surface area contributed by atoms with Crippen molar-refractivity contribution in [3.05, 3.63) is 41.5 Å². The summed E-state index contributed by atoms with van der Waals surface area (Å²) in [5, 5.41) is 8.51. The molecular formula is C19H26N4O3. The Hall–Kier alpha value is -2.41. The van der Waals surface area contributed by atoms with Gasteiger partial charge in [0.05, 0.1) is 0 Å². The molecule has 0 fully saturated rings. The summed E-state index contributed by atoms with van der Waals surface area (Å²) in [5.41, 5.74) is 1.02. The zero-order chi connectivity index (χ0) is 18.5. The molecular weight excluding hydrogens is 332 g/mol. The van der Waals surface area contributed by atoms with E-state index in [1.807, 2.05) is 49.9 Å². The Morgan fingerprint density at radius 1 is 1.27 bits per heavy atom. The average molecular weight is 358 g/mol. The van der Waals surface area contributed by atoms with E-state index in [0.717, 1.165) is 23.0 Å². The van der Waals surface area contributed by atoms with E-state index in [0.29, 0.717) is 32.7 Å². The minimum absolute atomic E-state index is 0.00850. The largest absolute Gasteiger partial charge is 0.484 e. The van der Waals surface area contributed by atoms with Gasteiger partial charge in [0.15, 0.2) is 12.4 Å². The molecule has 1 aromatic carbocycles. The van der Waals surface area contributed by atoms with Gasteiger partial charge in [-0.3, -0.25) is 4.79 Å². The Balaban J connectivity index is 1.63. The van der Waals surface area contributed by atoms with E-state index in [4.69, 9.17) is 9.47 Å². The minimum atomic E-state index is -0.00850. The van der Waals surface area contributed by atoms with E-state index < -0.39 is 0 Å². The first-order valence-electron chi connectivity index (χ1n) is 9.06. The Bertz CT molecular complexity index is 759. The molecule has 0 aliphatic carbocycles. The highest BCUT2D eigenvalue weighted by atomic mass is 16.5. The van der Waals surface area contributed by atoms with Crippen LogP contribution in [0.4, 0.5) is 0 Å². The van der Waals surface area contributed by atoms with Crippen LogP contribution in [0.2, 0.25) is 0 Å². The van der Waals surface area contributed by atoms with Crippen molar-refractivity contribution < 1.29 is 14.3 Å². The second-order valence-electron chi connectivity index (χ2n) is 6.52. The summed E-state index contributed by atoms with van der Waals surface area (Å²) < 4.78 is 13.3. The van der Waals surface area contributed by atoms with E-state index in [9.17, 15) is 4.79 Å². The number of ether oxygens (including phenoxy) is 2. The molecule has 0 N–H and O–H groups in total. The van der Waals surface area contributed by atoms with Gasteiger partial charge < -0.3 is 18.9 Å². The van der Waals surface area contributed by atoms with E-state index in [-0.39, 0.29) is 18.6 Å². The van der Waals surface area contributed by atoms with Crippen molar-refractivity contribution in [1.29, 1.82) is 0 Å². The monoisotopic (exact) mass is 358 g/mol. The third-order valence-corrected chi connectivity index (χ3v) is 4.68. The summed E-state index contributed by atoms with van der Waals surface area (Å²) in [5.74, 6) is 2.46. The topological polar surface area (TPSA) is 69.5 Å². The molecule has 1 atom stereocenters. The van der Waals surface area contributed by atoms with Gasteiger partial charge in [0.2, 0.25) is 0 Å². The van der Waals surface area contributed by atoms with Crippen molar-refractivity contribution in [3.8, 4) is 5.75 Å². The maximum atomic E-state index is 12.7. The summed E-state index contributed by atoms with van der Waals surface area (Å²) in [7, 11) is 0. The molecule has 3 rings (SSSR count). The molecule has 1 aliphatic rings. The van der Waals surface area contributed by atoms with Gasteiger partial charge in [-0.15, -0.1) is 10.2 Å². The molecule has 26 heavy (non-hydrogen) atoms. The molecule has 140 valence electrons. The molecule has 1 amide bonds. The maximum absolute atomic E-state index is 12.7. The van der Waals surface area contributed by atoms with Crippen molar-refractivity contribution in [1.82, 2.24) is 19.7 Å². The van der Waals surface area contributed by atoms with Gasteiger partial charge >= 0.3 is 0 Å². The highest BCUT2D eigenvalue weighted by molar-refractivity contribution is 5.78. The Kier molecular flexibility index (Phi) is 5.88. The van der Waals surface area contributed by atoms with Crippen LogP contribution >= 0.6 is 0 Å². The number of aryl methyl sites for hydroxylation is 1. The van der Waals surface area contributed by atoms with Gasteiger partial charge in [-0.2, -0.15) is 0 Å². The number of nitrogens with zero attached hydrogens (tertiary/aromatic N) is 4. The number of fused-ring (bicyclic) bond motifs is 1. The number of hydrogen-bond donors (Lipinski definition) is 0. The van der Waals surface area contributed by atoms with Crippen molar-refractivity contribution in [2.45, 2.75) is 46.4 Å². The maximum Gasteiger partial charge on any atom is 0.260 e. The Morgan fingerprint density at radius 2 is 2.08 bits per heavy atom. The molecule has 7 heteroatoms. The fourth-order valence-electron chi connectivity index (χ4n) is 3.20. The molecule has 2 heterocycles. The van der Waals surface area contributed by atoms with E-state index in [1.165, 1.54) is 0 Å². The number of carbonyl (C=O) groups excluding carboxylic acids is 1. The van der Waals surface area contributed by atoms with Crippen LogP contribution < -0.4 is 4.74 Å². The summed E-state index contributed by atoms with van der Waals surface area (Å²) >= 11 is 0. The molecule has 0 saturated heterocycles. The zero-order valence-electron chi connectivity index (χ0n) is 15.6. The predicted molar refractivity (Wildman–Crippen MR) is 96.9 cm³/mol. The van der Waals surface area contributed by atoms with Crippen molar-refractivity contribution in [2.24, 2.45) is 0 Å². The first-order valence-corrected chi connectivity index (χ1v) is 9.06. The smallest absolute Gasteiger partial charge is 0.260 e. The van der Waals surface area contributed by atoms with Crippen LogP contribution in [0.3, 0.4) is 0 Å². The highest BCUT2D eigenvalue weighted by Gasteiger charge is 2.27. The van der Waals surface area contributed by atoms with E-state index >= 15 is 0 Å². The highest BCUT2D eigenvalue weighted by Crippen LogP contribution is 2.18. The fraction of sp³-hybridized carbons (Fsp3) is 0.526. The quantitative estimate of drug-likeness (QED) is 0.790. The third-order valence-electron chi connectivity index (χ3n) is 4.68. The zero-order valence-corrected chi connectivity index (χ0v) is 15.6. The molecule has 0 saturated carbocycles. The van der Waals surface area contributed by atoms with Crippen LogP contribution in [-0.4, -0.2) is 51.4 Å². The fourth-order valence-corrected chi connectivity index (χ4v) is 3.20. The molecule has 0 bridgehead atoms. The van der Waals surface area contributed by atoms with E-state index in [2.05, 4.69) is 14.8 Å². The number of hydrogen-bond acceptors (Lipinski definition) is 5. The molecule has 0 unspecified atom stereocenters. The summed E-state index contributed by atoms with van der Waals surface area (Å²) in [6.07, 6.45) is 0.676. The predicted octanol–water partition coefficient (Wildman–Crippen LogP) is 1.98. The lowest BCUT2D eigenvalue weighted by Crippen LogP contribution is -2.42. The van der Waals surface area contributed by atoms with Crippen LogP contribution in [-0.2, 0) is 29.1 Å². The average Bonchev–Trinajstić information content (AvgIpc) is 2.92. The molecule has 0 spiro atoms. The first kappa shape index (κ1) is 18.4. The van der Waals surface area contributed by atoms with Gasteiger partial charge in [-0.05, 0) is 32.4 Å². The third kappa shape index (κ3) is 4.04. The molecule has 0 radical (unpaired) electrons. The van der Waals surface area contributed by atoms with Gasteiger partial charge in [0.25, 0.3) is 5.91 Å². The molecule has 2 aromatic rings. The van der Waals surface area contributed by atoms with Crippen molar-refractivity contribution in [2.75, 3.05) is 19.8 Å². The van der Waals surface area contributed by atoms with Crippen molar-refractivity contribution in [3.63, 3.8) is 0 Å². The number of amides is 1. The Morgan fingerprint density at radius 3 is 2.85 bits per heavy atom. The Labute approximate surface area is 153 Å². The lowest BCUT2D eigenvalue weighted by molar-refractivity contribution is -0.135. The van der Waals surface area contributed by atoms with E-state index in [1.54, 1.807) is 0 Å². The first-order chi connectivity index (χ1) is 12.6.